The number of carbonyl (C=O) groups is 3. The molecule has 3 amide bonds. The van der Waals surface area contributed by atoms with Crippen LogP contribution in [0.2, 0.25) is 0 Å². The van der Waals surface area contributed by atoms with Crippen molar-refractivity contribution in [2.75, 3.05) is 25.0 Å². The smallest absolute Gasteiger partial charge is 0.389 e. The number of fused-ring (bicyclic) bond motifs is 1. The van der Waals surface area contributed by atoms with Gasteiger partial charge in [-0.2, -0.15) is 13.2 Å². The SMILES string of the molecule is CN1C(=O)[C@H](NC(=O)[C@H](CCC(F)(F)F)CC(=O)N2CCCCC2)N=C(c2ccccc2)c2ccc(Oc3ccccc3)cc21. The molecule has 8 nitrogen and oxygen atoms in total. The normalized spacial score (nSPS) is 17.6. The molecule has 45 heavy (non-hydrogen) atoms. The van der Waals surface area contributed by atoms with Gasteiger partial charge in [-0.15, -0.1) is 0 Å². The summed E-state index contributed by atoms with van der Waals surface area (Å²) in [7, 11) is 1.54. The van der Waals surface area contributed by atoms with Crippen LogP contribution in [0.4, 0.5) is 18.9 Å². The Bertz CT molecular complexity index is 1540. The van der Waals surface area contributed by atoms with E-state index >= 15 is 0 Å². The highest BCUT2D eigenvalue weighted by Gasteiger charge is 2.36. The highest BCUT2D eigenvalue weighted by molar-refractivity contribution is 6.20. The van der Waals surface area contributed by atoms with Crippen molar-refractivity contribution in [1.82, 2.24) is 10.2 Å². The Morgan fingerprint density at radius 1 is 0.956 bits per heavy atom. The number of anilines is 1. The van der Waals surface area contributed by atoms with Gasteiger partial charge >= 0.3 is 6.18 Å². The number of likely N-dealkylation sites (N-methyl/N-ethyl adjacent to an activating group) is 1. The largest absolute Gasteiger partial charge is 0.457 e. The fourth-order valence-corrected chi connectivity index (χ4v) is 5.55. The zero-order valence-corrected chi connectivity index (χ0v) is 24.9. The van der Waals surface area contributed by atoms with Gasteiger partial charge in [0.1, 0.15) is 11.5 Å². The van der Waals surface area contributed by atoms with Crippen LogP contribution in [-0.2, 0) is 14.4 Å². The standard InChI is InChI=1S/C34H35F3N4O4/c1-40-28-22-26(45-25-13-7-3-8-14-25)15-16-27(28)30(23-11-5-2-6-12-23)38-31(33(40)44)39-32(43)24(17-18-34(35,36)37)21-29(42)41-19-9-4-10-20-41/h2-3,5-8,11-16,22,24,31H,4,9-10,17-21H2,1H3,(H,39,43)/t24-,31+/m1/s1. The Morgan fingerprint density at radius 2 is 1.62 bits per heavy atom. The van der Waals surface area contributed by atoms with Gasteiger partial charge in [0.25, 0.3) is 5.91 Å². The van der Waals surface area contributed by atoms with Crippen molar-refractivity contribution in [3.63, 3.8) is 0 Å². The first-order chi connectivity index (χ1) is 21.6. The zero-order valence-electron chi connectivity index (χ0n) is 24.9. The number of amides is 3. The molecule has 0 unspecified atom stereocenters. The van der Waals surface area contributed by atoms with Crippen molar-refractivity contribution in [2.24, 2.45) is 10.9 Å². The number of benzodiazepines with no additional fused rings is 1. The number of piperidine rings is 1. The highest BCUT2D eigenvalue weighted by Crippen LogP contribution is 2.33. The van der Waals surface area contributed by atoms with Gasteiger partial charge in [0.15, 0.2) is 0 Å². The average Bonchev–Trinajstić information content (AvgIpc) is 3.14. The van der Waals surface area contributed by atoms with Crippen LogP contribution in [-0.4, -0.2) is 60.8 Å². The molecular formula is C34H35F3N4O4. The number of rotatable bonds is 9. The van der Waals surface area contributed by atoms with Crippen LogP contribution >= 0.6 is 0 Å². The number of nitrogens with one attached hydrogen (secondary N) is 1. The van der Waals surface area contributed by atoms with Gasteiger partial charge in [0.2, 0.25) is 18.0 Å². The van der Waals surface area contributed by atoms with Gasteiger partial charge in [-0.05, 0) is 49.9 Å². The summed E-state index contributed by atoms with van der Waals surface area (Å²) in [5.41, 5.74) is 2.16. The molecule has 1 N–H and O–H groups in total. The molecule has 0 aliphatic carbocycles. The van der Waals surface area contributed by atoms with E-state index < -0.39 is 42.9 Å². The number of benzene rings is 3. The minimum absolute atomic E-state index is 0.367. The van der Waals surface area contributed by atoms with E-state index in [2.05, 4.69) is 10.3 Å². The van der Waals surface area contributed by atoms with E-state index in [4.69, 9.17) is 4.74 Å². The lowest BCUT2D eigenvalue weighted by Gasteiger charge is -2.29. The van der Waals surface area contributed by atoms with E-state index in [1.54, 1.807) is 35.2 Å². The number of alkyl halides is 3. The van der Waals surface area contributed by atoms with Crippen LogP contribution in [0.3, 0.4) is 0 Å². The molecule has 3 aromatic carbocycles. The number of ether oxygens (including phenoxy) is 1. The molecule has 3 aromatic rings. The summed E-state index contributed by atoms with van der Waals surface area (Å²) in [6, 6.07) is 23.5. The molecule has 0 spiro atoms. The summed E-state index contributed by atoms with van der Waals surface area (Å²) in [6.45, 7) is 1.02. The van der Waals surface area contributed by atoms with Crippen LogP contribution in [0.5, 0.6) is 11.5 Å². The summed E-state index contributed by atoms with van der Waals surface area (Å²) in [4.78, 5) is 48.0. The fourth-order valence-electron chi connectivity index (χ4n) is 5.55. The Kier molecular flexibility index (Phi) is 9.85. The lowest BCUT2D eigenvalue weighted by atomic mass is 9.96. The van der Waals surface area contributed by atoms with E-state index in [0.29, 0.717) is 47.1 Å². The first-order valence-electron chi connectivity index (χ1n) is 15.0. The lowest BCUT2D eigenvalue weighted by molar-refractivity contribution is -0.146. The minimum atomic E-state index is -4.51. The summed E-state index contributed by atoms with van der Waals surface area (Å²) in [5, 5.41) is 2.59. The van der Waals surface area contributed by atoms with Gasteiger partial charge in [0, 0.05) is 56.1 Å². The monoisotopic (exact) mass is 620 g/mol. The Labute approximate surface area is 259 Å². The van der Waals surface area contributed by atoms with E-state index in [-0.39, 0.29) is 12.3 Å². The molecule has 2 aliphatic heterocycles. The molecule has 0 bridgehead atoms. The van der Waals surface area contributed by atoms with Crippen molar-refractivity contribution in [3.05, 3.63) is 90.0 Å². The maximum Gasteiger partial charge on any atom is 0.389 e. The first-order valence-corrected chi connectivity index (χ1v) is 15.0. The van der Waals surface area contributed by atoms with Crippen LogP contribution in [0.15, 0.2) is 83.9 Å². The second-order valence-corrected chi connectivity index (χ2v) is 11.2. The Balaban J connectivity index is 1.45. The number of hydrogen-bond acceptors (Lipinski definition) is 5. The zero-order chi connectivity index (χ0) is 32.0. The van der Waals surface area contributed by atoms with Crippen molar-refractivity contribution in [2.45, 2.75) is 50.9 Å². The van der Waals surface area contributed by atoms with Crippen LogP contribution in [0.1, 0.15) is 49.7 Å². The number of nitrogens with zero attached hydrogens (tertiary/aromatic N) is 3. The third kappa shape index (κ3) is 8.09. The first kappa shape index (κ1) is 31.7. The third-order valence-corrected chi connectivity index (χ3v) is 7.99. The fraction of sp³-hybridized carbons (Fsp3) is 0.353. The molecule has 1 fully saturated rings. The predicted octanol–water partition coefficient (Wildman–Crippen LogP) is 6.10. The molecule has 0 radical (unpaired) electrons. The maximum atomic E-state index is 13.8. The van der Waals surface area contributed by atoms with Crippen LogP contribution < -0.4 is 15.0 Å². The quantitative estimate of drug-likeness (QED) is 0.313. The molecule has 236 valence electrons. The number of para-hydroxylation sites is 1. The molecule has 11 heteroatoms. The van der Waals surface area contributed by atoms with Crippen molar-refractivity contribution < 1.29 is 32.3 Å². The molecule has 1 saturated heterocycles. The molecule has 0 aromatic heterocycles. The van der Waals surface area contributed by atoms with E-state index in [0.717, 1.165) is 19.3 Å². The Hall–Kier alpha value is -4.67. The van der Waals surface area contributed by atoms with E-state index in [1.807, 2.05) is 48.5 Å². The summed E-state index contributed by atoms with van der Waals surface area (Å²) < 4.78 is 45.7. The summed E-state index contributed by atoms with van der Waals surface area (Å²) >= 11 is 0. The molecule has 0 saturated carbocycles. The van der Waals surface area contributed by atoms with Crippen molar-refractivity contribution >= 4 is 29.1 Å². The molecule has 2 heterocycles. The maximum absolute atomic E-state index is 13.8. The number of hydrogen-bond donors (Lipinski definition) is 1. The summed E-state index contributed by atoms with van der Waals surface area (Å²) in [5.74, 6) is -2.00. The highest BCUT2D eigenvalue weighted by atomic mass is 19.4. The van der Waals surface area contributed by atoms with Crippen LogP contribution in [0, 0.1) is 5.92 Å². The number of likely N-dealkylation sites (tertiary alicyclic amines) is 1. The molecule has 2 atom stereocenters. The number of carbonyl (C=O) groups excluding carboxylic acids is 3. The molecular weight excluding hydrogens is 585 g/mol. The topological polar surface area (TPSA) is 91.3 Å². The van der Waals surface area contributed by atoms with Gasteiger partial charge in [-0.1, -0.05) is 48.5 Å². The van der Waals surface area contributed by atoms with Gasteiger partial charge < -0.3 is 19.9 Å². The molecule has 2 aliphatic rings. The number of halogens is 3. The average molecular weight is 621 g/mol. The second kappa shape index (κ2) is 14.0. The van der Waals surface area contributed by atoms with Crippen molar-refractivity contribution in [3.8, 4) is 11.5 Å². The van der Waals surface area contributed by atoms with E-state index in [1.165, 1.54) is 11.9 Å². The minimum Gasteiger partial charge on any atom is -0.457 e. The van der Waals surface area contributed by atoms with Crippen LogP contribution in [0.25, 0.3) is 0 Å². The number of aliphatic imine (C=N–C) groups is 1. The second-order valence-electron chi connectivity index (χ2n) is 11.2. The third-order valence-electron chi connectivity index (χ3n) is 7.99. The van der Waals surface area contributed by atoms with Crippen molar-refractivity contribution in [1.29, 1.82) is 0 Å². The van der Waals surface area contributed by atoms with Gasteiger partial charge in [0.05, 0.1) is 11.4 Å². The Morgan fingerprint density at radius 3 is 2.29 bits per heavy atom. The predicted molar refractivity (Wildman–Crippen MR) is 164 cm³/mol. The van der Waals surface area contributed by atoms with Gasteiger partial charge in [-0.25, -0.2) is 4.99 Å². The molecule has 5 rings (SSSR count). The lowest BCUT2D eigenvalue weighted by Crippen LogP contribution is -2.48. The van der Waals surface area contributed by atoms with Gasteiger partial charge in [-0.3, -0.25) is 14.4 Å². The van der Waals surface area contributed by atoms with E-state index in [9.17, 15) is 27.6 Å². The summed E-state index contributed by atoms with van der Waals surface area (Å²) in [6.07, 6.45) is -5.55.